The number of sulfone groups is 1. The topological polar surface area (TPSA) is 78.1 Å². The number of fused-ring (bicyclic) bond motifs is 1. The van der Waals surface area contributed by atoms with Gasteiger partial charge in [0.1, 0.15) is 10.6 Å². The molecule has 0 N–H and O–H groups in total. The van der Waals surface area contributed by atoms with Crippen LogP contribution in [-0.4, -0.2) is 23.8 Å². The van der Waals surface area contributed by atoms with Gasteiger partial charge in [-0.05, 0) is 41.5 Å². The molecule has 168 valence electrons. The lowest BCUT2D eigenvalue weighted by Crippen LogP contribution is -2.38. The van der Waals surface area contributed by atoms with E-state index in [9.17, 15) is 22.4 Å². The smallest absolute Gasteiger partial charge is 0.287 e. The van der Waals surface area contributed by atoms with Gasteiger partial charge < -0.3 is 0 Å². The summed E-state index contributed by atoms with van der Waals surface area (Å²) in [4.78, 5) is 27.2. The molecule has 33 heavy (non-hydrogen) atoms. The van der Waals surface area contributed by atoms with Gasteiger partial charge in [-0.1, -0.05) is 36.1 Å². The van der Waals surface area contributed by atoms with E-state index in [0.29, 0.717) is 27.1 Å². The molecular formula is C24H19FN2O4S2. The Kier molecular flexibility index (Phi) is 6.06. The first-order valence-corrected chi connectivity index (χ1v) is 12.6. The van der Waals surface area contributed by atoms with Gasteiger partial charge in [0, 0.05) is 19.7 Å². The summed E-state index contributed by atoms with van der Waals surface area (Å²) >= 11 is 1.26. The van der Waals surface area contributed by atoms with Gasteiger partial charge in [-0.2, -0.15) is 0 Å². The van der Waals surface area contributed by atoms with Gasteiger partial charge in [-0.15, -0.1) is 11.3 Å². The second-order valence-electron chi connectivity index (χ2n) is 7.58. The van der Waals surface area contributed by atoms with E-state index in [4.69, 9.17) is 0 Å². The molecule has 0 aliphatic carbocycles. The maximum absolute atomic E-state index is 13.0. The molecule has 0 saturated heterocycles. The van der Waals surface area contributed by atoms with Crippen molar-refractivity contribution in [2.24, 2.45) is 7.05 Å². The molecule has 2 aromatic carbocycles. The number of aromatic nitrogens is 2. The summed E-state index contributed by atoms with van der Waals surface area (Å²) in [5.41, 5.74) is 0.618. The number of thiophene rings is 1. The zero-order chi connectivity index (χ0) is 23.8. The molecule has 6 nitrogen and oxygen atoms in total. The molecule has 0 unspecified atom stereocenters. The maximum Gasteiger partial charge on any atom is 0.332 e. The maximum atomic E-state index is 13.0. The summed E-state index contributed by atoms with van der Waals surface area (Å²) in [6.45, 7) is 0.0207. The van der Waals surface area contributed by atoms with Crippen LogP contribution in [-0.2, 0) is 29.9 Å². The van der Waals surface area contributed by atoms with Crippen LogP contribution in [0.15, 0.2) is 69.1 Å². The van der Waals surface area contributed by atoms with Crippen LogP contribution in [0.1, 0.15) is 16.0 Å². The first-order chi connectivity index (χ1) is 15.6. The summed E-state index contributed by atoms with van der Waals surface area (Å²) in [6, 6.07) is 13.9. The van der Waals surface area contributed by atoms with Gasteiger partial charge in [0.15, 0.2) is 9.84 Å². The van der Waals surface area contributed by atoms with E-state index in [-0.39, 0.29) is 17.3 Å². The number of hydrogen-bond donors (Lipinski definition) is 0. The quantitative estimate of drug-likeness (QED) is 0.419. The lowest BCUT2D eigenvalue weighted by atomic mass is 10.1. The van der Waals surface area contributed by atoms with Crippen LogP contribution < -0.4 is 11.2 Å². The number of halogens is 1. The number of rotatable bonds is 4. The molecule has 0 aliphatic heterocycles. The minimum atomic E-state index is -3.33. The third kappa shape index (κ3) is 4.82. The monoisotopic (exact) mass is 482 g/mol. The normalized spacial score (nSPS) is 11.4. The van der Waals surface area contributed by atoms with Gasteiger partial charge in [0.2, 0.25) is 0 Å². The number of benzene rings is 2. The molecule has 0 aliphatic rings. The third-order valence-corrected chi connectivity index (χ3v) is 7.38. The van der Waals surface area contributed by atoms with Gasteiger partial charge >= 0.3 is 5.69 Å². The third-order valence-electron chi connectivity index (χ3n) is 5.12. The molecule has 2 aromatic heterocycles. The van der Waals surface area contributed by atoms with Crippen LogP contribution in [0.25, 0.3) is 10.2 Å². The Bertz CT molecular complexity index is 1630. The standard InChI is InChI=1S/C24H19FN2O4S2/c1-26-23-21(14-19(32-23)5-3-4-16-6-10-18(25)11-7-16)22(28)27(24(26)29)15-17-8-12-20(13-9-17)33(2,30)31/h6-14H,4,15H2,1-2H3. The fraction of sp³-hybridized carbons (Fsp3) is 0.167. The highest BCUT2D eigenvalue weighted by Crippen LogP contribution is 2.21. The molecule has 0 amide bonds. The fourth-order valence-electron chi connectivity index (χ4n) is 3.35. The van der Waals surface area contributed by atoms with Crippen molar-refractivity contribution in [1.82, 2.24) is 9.13 Å². The lowest BCUT2D eigenvalue weighted by molar-refractivity contribution is 0.601. The summed E-state index contributed by atoms with van der Waals surface area (Å²) in [6.07, 6.45) is 1.55. The summed E-state index contributed by atoms with van der Waals surface area (Å²) in [5.74, 6) is 5.73. The van der Waals surface area contributed by atoms with Crippen molar-refractivity contribution in [3.8, 4) is 11.8 Å². The van der Waals surface area contributed by atoms with Crippen LogP contribution in [0.2, 0.25) is 0 Å². The zero-order valence-corrected chi connectivity index (χ0v) is 19.5. The average Bonchev–Trinajstić information content (AvgIpc) is 3.21. The van der Waals surface area contributed by atoms with Crippen LogP contribution in [0.5, 0.6) is 0 Å². The molecule has 9 heteroatoms. The van der Waals surface area contributed by atoms with Crippen molar-refractivity contribution in [2.75, 3.05) is 6.26 Å². The van der Waals surface area contributed by atoms with E-state index in [0.717, 1.165) is 16.4 Å². The van der Waals surface area contributed by atoms with Crippen LogP contribution in [0.3, 0.4) is 0 Å². The van der Waals surface area contributed by atoms with E-state index < -0.39 is 21.1 Å². The molecule has 0 bridgehead atoms. The molecule has 0 spiro atoms. The van der Waals surface area contributed by atoms with E-state index in [2.05, 4.69) is 11.8 Å². The van der Waals surface area contributed by atoms with E-state index in [1.165, 1.54) is 40.2 Å². The van der Waals surface area contributed by atoms with Crippen molar-refractivity contribution < 1.29 is 12.8 Å². The minimum Gasteiger partial charge on any atom is -0.287 e. The van der Waals surface area contributed by atoms with Crippen LogP contribution in [0, 0.1) is 17.7 Å². The highest BCUT2D eigenvalue weighted by atomic mass is 32.2. The van der Waals surface area contributed by atoms with Gasteiger partial charge in [-0.3, -0.25) is 13.9 Å². The van der Waals surface area contributed by atoms with Crippen LogP contribution >= 0.6 is 11.3 Å². The van der Waals surface area contributed by atoms with Gasteiger partial charge in [-0.25, -0.2) is 17.6 Å². The second-order valence-corrected chi connectivity index (χ2v) is 10.6. The number of aryl methyl sites for hydroxylation is 1. The van der Waals surface area contributed by atoms with Gasteiger partial charge in [0.05, 0.1) is 21.7 Å². The molecule has 0 saturated carbocycles. The first kappa shape index (κ1) is 22.7. The van der Waals surface area contributed by atoms with E-state index >= 15 is 0 Å². The summed E-state index contributed by atoms with van der Waals surface area (Å²) in [7, 11) is -1.73. The zero-order valence-electron chi connectivity index (χ0n) is 17.8. The Morgan fingerprint density at radius 3 is 2.27 bits per heavy atom. The largest absolute Gasteiger partial charge is 0.332 e. The first-order valence-electron chi connectivity index (χ1n) is 9.89. The van der Waals surface area contributed by atoms with E-state index in [1.807, 2.05) is 0 Å². The van der Waals surface area contributed by atoms with Crippen molar-refractivity contribution in [2.45, 2.75) is 17.9 Å². The molecular weight excluding hydrogens is 463 g/mol. The SMILES string of the molecule is Cn1c(=O)n(Cc2ccc(S(C)(=O)=O)cc2)c(=O)c2cc(C#CCc3ccc(F)cc3)sc21. The predicted octanol–water partition coefficient (Wildman–Crippen LogP) is 2.95. The Hall–Kier alpha value is -3.48. The van der Waals surface area contributed by atoms with Crippen molar-refractivity contribution in [3.63, 3.8) is 0 Å². The average molecular weight is 483 g/mol. The number of hydrogen-bond acceptors (Lipinski definition) is 5. The second kappa shape index (κ2) is 8.81. The minimum absolute atomic E-state index is 0.0207. The summed E-state index contributed by atoms with van der Waals surface area (Å²) < 4.78 is 38.8. The molecule has 0 radical (unpaired) electrons. The lowest BCUT2D eigenvalue weighted by Gasteiger charge is -2.09. The van der Waals surface area contributed by atoms with Crippen molar-refractivity contribution in [1.29, 1.82) is 0 Å². The predicted molar refractivity (Wildman–Crippen MR) is 127 cm³/mol. The van der Waals surface area contributed by atoms with Crippen molar-refractivity contribution >= 4 is 31.4 Å². The Morgan fingerprint density at radius 1 is 1.00 bits per heavy atom. The molecule has 0 fully saturated rings. The van der Waals surface area contributed by atoms with E-state index in [1.54, 1.807) is 37.4 Å². The number of nitrogens with zero attached hydrogens (tertiary/aromatic N) is 2. The van der Waals surface area contributed by atoms with Gasteiger partial charge in [0.25, 0.3) is 5.56 Å². The fourth-order valence-corrected chi connectivity index (χ4v) is 4.96. The summed E-state index contributed by atoms with van der Waals surface area (Å²) in [5, 5.41) is 0.390. The molecule has 2 heterocycles. The Morgan fingerprint density at radius 2 is 1.64 bits per heavy atom. The Balaban J connectivity index is 1.66. The molecule has 4 rings (SSSR count). The van der Waals surface area contributed by atoms with Crippen molar-refractivity contribution in [3.05, 3.63) is 97.3 Å². The highest BCUT2D eigenvalue weighted by Gasteiger charge is 2.15. The van der Waals surface area contributed by atoms with Crippen LogP contribution in [0.4, 0.5) is 4.39 Å². The molecule has 0 atom stereocenters. The Labute approximate surface area is 193 Å². The molecule has 4 aromatic rings. The highest BCUT2D eigenvalue weighted by molar-refractivity contribution is 7.90.